The molecule has 0 N–H and O–H groups in total. The van der Waals surface area contributed by atoms with E-state index in [0.717, 1.165) is 24.3 Å². The van der Waals surface area contributed by atoms with Crippen LogP contribution in [0.1, 0.15) is 69.9 Å². The molecule has 1 aromatic rings. The summed E-state index contributed by atoms with van der Waals surface area (Å²) in [5.41, 5.74) is 1.57. The van der Waals surface area contributed by atoms with Crippen molar-refractivity contribution < 1.29 is 13.5 Å². The van der Waals surface area contributed by atoms with Gasteiger partial charge in [-0.1, -0.05) is 32.6 Å². The van der Waals surface area contributed by atoms with Gasteiger partial charge in [-0.2, -0.15) is 4.39 Å². The van der Waals surface area contributed by atoms with Crippen molar-refractivity contribution in [3.8, 4) is 5.75 Å². The van der Waals surface area contributed by atoms with Crippen LogP contribution in [-0.2, 0) is 12.8 Å². The third kappa shape index (κ3) is 3.60. The lowest BCUT2D eigenvalue weighted by molar-refractivity contribution is 0.182. The zero-order chi connectivity index (χ0) is 17.1. The molecule has 1 unspecified atom stereocenters. The summed E-state index contributed by atoms with van der Waals surface area (Å²) < 4.78 is 33.9. The van der Waals surface area contributed by atoms with Crippen molar-refractivity contribution in [3.63, 3.8) is 0 Å². The molecule has 1 nitrogen and oxygen atoms in total. The SMILES string of the molecule is CCCC1CCC(C2CCc3cc(OCC)c(F)c(F)c3C2)CC1. The number of aryl methyl sites for hydroxylation is 1. The van der Waals surface area contributed by atoms with Gasteiger partial charge in [0, 0.05) is 0 Å². The second kappa shape index (κ2) is 7.84. The number of hydrogen-bond acceptors (Lipinski definition) is 1. The van der Waals surface area contributed by atoms with E-state index in [0.29, 0.717) is 30.4 Å². The number of ether oxygens (including phenoxy) is 1. The van der Waals surface area contributed by atoms with Crippen molar-refractivity contribution >= 4 is 0 Å². The topological polar surface area (TPSA) is 9.23 Å². The van der Waals surface area contributed by atoms with Gasteiger partial charge in [0.2, 0.25) is 5.82 Å². The molecular weight excluding hydrogens is 306 g/mol. The highest BCUT2D eigenvalue weighted by Gasteiger charge is 2.32. The van der Waals surface area contributed by atoms with Gasteiger partial charge in [0.05, 0.1) is 6.61 Å². The fourth-order valence-electron chi connectivity index (χ4n) is 4.86. The summed E-state index contributed by atoms with van der Waals surface area (Å²) in [5, 5.41) is 0. The van der Waals surface area contributed by atoms with E-state index in [9.17, 15) is 8.78 Å². The maximum Gasteiger partial charge on any atom is 0.200 e. The second-order valence-corrected chi connectivity index (χ2v) is 7.65. The Balaban J connectivity index is 1.70. The highest BCUT2D eigenvalue weighted by Crippen LogP contribution is 2.42. The Bertz CT molecular complexity index is 561. The lowest BCUT2D eigenvalue weighted by atomic mass is 9.69. The molecule has 0 aromatic heterocycles. The van der Waals surface area contributed by atoms with Crippen LogP contribution in [0.3, 0.4) is 0 Å². The first-order valence-corrected chi connectivity index (χ1v) is 9.76. The molecule has 1 atom stereocenters. The van der Waals surface area contributed by atoms with Gasteiger partial charge in [0.1, 0.15) is 0 Å². The Hall–Kier alpha value is -1.12. The summed E-state index contributed by atoms with van der Waals surface area (Å²) in [6.07, 6.45) is 10.5. The Morgan fingerprint density at radius 2 is 1.75 bits per heavy atom. The molecule has 1 saturated carbocycles. The molecule has 0 spiro atoms. The average Bonchev–Trinajstić information content (AvgIpc) is 2.60. The molecule has 0 radical (unpaired) electrons. The molecule has 134 valence electrons. The lowest BCUT2D eigenvalue weighted by Crippen LogP contribution is -2.27. The molecule has 0 saturated heterocycles. The smallest absolute Gasteiger partial charge is 0.200 e. The number of rotatable bonds is 5. The highest BCUT2D eigenvalue weighted by molar-refractivity contribution is 5.40. The largest absolute Gasteiger partial charge is 0.491 e. The van der Waals surface area contributed by atoms with Gasteiger partial charge in [-0.15, -0.1) is 0 Å². The minimum Gasteiger partial charge on any atom is -0.491 e. The van der Waals surface area contributed by atoms with E-state index >= 15 is 0 Å². The summed E-state index contributed by atoms with van der Waals surface area (Å²) in [5.74, 6) is 0.716. The summed E-state index contributed by atoms with van der Waals surface area (Å²) in [6.45, 7) is 4.42. The molecule has 0 bridgehead atoms. The first-order chi connectivity index (χ1) is 11.6. The third-order valence-corrected chi connectivity index (χ3v) is 6.17. The summed E-state index contributed by atoms with van der Waals surface area (Å²) in [7, 11) is 0. The quantitative estimate of drug-likeness (QED) is 0.633. The van der Waals surface area contributed by atoms with Crippen LogP contribution in [0.2, 0.25) is 0 Å². The van der Waals surface area contributed by atoms with E-state index in [1.54, 1.807) is 13.0 Å². The van der Waals surface area contributed by atoms with Crippen LogP contribution in [0.25, 0.3) is 0 Å². The Morgan fingerprint density at radius 1 is 1.00 bits per heavy atom. The standard InChI is InChI=1S/C21H30F2O/c1-3-5-14-6-8-15(9-7-14)16-10-11-17-13-19(24-4-2)21(23)20(22)18(17)12-16/h13-16H,3-12H2,1-2H3. The van der Waals surface area contributed by atoms with Crippen LogP contribution in [0.15, 0.2) is 6.07 Å². The van der Waals surface area contributed by atoms with Crippen molar-refractivity contribution in [1.29, 1.82) is 0 Å². The molecule has 0 amide bonds. The molecule has 24 heavy (non-hydrogen) atoms. The molecule has 0 aliphatic heterocycles. The normalized spacial score (nSPS) is 26.9. The van der Waals surface area contributed by atoms with Crippen molar-refractivity contribution in [1.82, 2.24) is 0 Å². The van der Waals surface area contributed by atoms with Gasteiger partial charge in [-0.05, 0) is 74.0 Å². The van der Waals surface area contributed by atoms with Crippen LogP contribution in [0, 0.1) is 29.4 Å². The molecule has 2 aliphatic carbocycles. The predicted octanol–water partition coefficient (Wildman–Crippen LogP) is 6.07. The molecule has 3 heteroatoms. The number of fused-ring (bicyclic) bond motifs is 1. The lowest BCUT2D eigenvalue weighted by Gasteiger charge is -2.36. The average molecular weight is 336 g/mol. The van der Waals surface area contributed by atoms with Gasteiger partial charge in [-0.25, -0.2) is 4.39 Å². The molecule has 1 aromatic carbocycles. The number of hydrogen-bond donors (Lipinski definition) is 0. The van der Waals surface area contributed by atoms with Crippen LogP contribution >= 0.6 is 0 Å². The Labute approximate surface area is 144 Å². The predicted molar refractivity (Wildman–Crippen MR) is 93.4 cm³/mol. The fraction of sp³-hybridized carbons (Fsp3) is 0.714. The second-order valence-electron chi connectivity index (χ2n) is 7.65. The summed E-state index contributed by atoms with van der Waals surface area (Å²) in [4.78, 5) is 0. The fourth-order valence-corrected chi connectivity index (χ4v) is 4.86. The zero-order valence-corrected chi connectivity index (χ0v) is 15.0. The first-order valence-electron chi connectivity index (χ1n) is 9.76. The minimum absolute atomic E-state index is 0.0762. The molecule has 2 aliphatic rings. The van der Waals surface area contributed by atoms with Gasteiger partial charge in [-0.3, -0.25) is 0 Å². The summed E-state index contributed by atoms with van der Waals surface area (Å²) in [6, 6.07) is 1.73. The van der Waals surface area contributed by atoms with Gasteiger partial charge >= 0.3 is 0 Å². The highest BCUT2D eigenvalue weighted by atomic mass is 19.2. The Kier molecular flexibility index (Phi) is 5.78. The van der Waals surface area contributed by atoms with Crippen LogP contribution in [0.4, 0.5) is 8.78 Å². The van der Waals surface area contributed by atoms with Gasteiger partial charge < -0.3 is 4.74 Å². The van der Waals surface area contributed by atoms with Crippen LogP contribution in [0.5, 0.6) is 5.75 Å². The van der Waals surface area contributed by atoms with E-state index in [4.69, 9.17) is 4.74 Å². The zero-order valence-electron chi connectivity index (χ0n) is 15.0. The number of benzene rings is 1. The monoisotopic (exact) mass is 336 g/mol. The Morgan fingerprint density at radius 3 is 2.42 bits per heavy atom. The maximum atomic E-state index is 14.5. The van der Waals surface area contributed by atoms with Crippen molar-refractivity contribution in [2.24, 2.45) is 17.8 Å². The third-order valence-electron chi connectivity index (χ3n) is 6.17. The molecule has 0 heterocycles. The molecule has 3 rings (SSSR count). The van der Waals surface area contributed by atoms with E-state index in [2.05, 4.69) is 6.92 Å². The molecule has 1 fully saturated rings. The number of halogens is 2. The maximum absolute atomic E-state index is 14.5. The van der Waals surface area contributed by atoms with Crippen LogP contribution in [-0.4, -0.2) is 6.61 Å². The van der Waals surface area contributed by atoms with Crippen LogP contribution < -0.4 is 4.74 Å². The van der Waals surface area contributed by atoms with Crippen molar-refractivity contribution in [2.45, 2.75) is 71.6 Å². The first kappa shape index (κ1) is 17.7. The van der Waals surface area contributed by atoms with Gasteiger partial charge in [0.15, 0.2) is 11.6 Å². The summed E-state index contributed by atoms with van der Waals surface area (Å²) >= 11 is 0. The van der Waals surface area contributed by atoms with E-state index in [1.165, 1.54) is 38.5 Å². The van der Waals surface area contributed by atoms with Crippen molar-refractivity contribution in [2.75, 3.05) is 6.61 Å². The van der Waals surface area contributed by atoms with E-state index < -0.39 is 11.6 Å². The van der Waals surface area contributed by atoms with E-state index in [1.807, 2.05) is 0 Å². The van der Waals surface area contributed by atoms with E-state index in [-0.39, 0.29) is 5.75 Å². The molecular formula is C21H30F2O. The van der Waals surface area contributed by atoms with Crippen molar-refractivity contribution in [3.05, 3.63) is 28.8 Å². The minimum atomic E-state index is -0.803. The van der Waals surface area contributed by atoms with Gasteiger partial charge in [0.25, 0.3) is 0 Å².